The first-order valence-corrected chi connectivity index (χ1v) is 9.02. The lowest BCUT2D eigenvalue weighted by Gasteiger charge is -2.60. The maximum absolute atomic E-state index is 10.5. The van der Waals surface area contributed by atoms with Gasteiger partial charge >= 0.3 is 0 Å². The van der Waals surface area contributed by atoms with Crippen molar-refractivity contribution in [2.45, 2.75) is 70.9 Å². The first-order valence-electron chi connectivity index (χ1n) is 9.02. The fourth-order valence-electron chi connectivity index (χ4n) is 6.72. The van der Waals surface area contributed by atoms with Crippen LogP contribution in [0.4, 0.5) is 0 Å². The zero-order chi connectivity index (χ0) is 15.7. The molecule has 0 bridgehead atoms. The fraction of sp³-hybridized carbons (Fsp3) is 1.00. The molecule has 1 saturated heterocycles. The molecular weight excluding hydrogens is 280 g/mol. The van der Waals surface area contributed by atoms with Crippen LogP contribution in [0, 0.1) is 34.5 Å². The van der Waals surface area contributed by atoms with Gasteiger partial charge in [0.15, 0.2) is 6.29 Å². The SMILES string of the molecule is C[C@]12CO[C@@H](O)C[C@H]1CC[C@@H]1[C@@H]2CC[C@]2(C)[C@@H](O)[C@H](O)C[C@@H]12. The van der Waals surface area contributed by atoms with Crippen LogP contribution in [0.2, 0.25) is 0 Å². The molecule has 4 rings (SSSR count). The predicted molar refractivity (Wildman–Crippen MR) is 81.8 cm³/mol. The Balaban J connectivity index is 1.63. The van der Waals surface area contributed by atoms with Gasteiger partial charge in [0.1, 0.15) is 0 Å². The van der Waals surface area contributed by atoms with Gasteiger partial charge in [0.05, 0.1) is 18.8 Å². The third-order valence-corrected chi connectivity index (χ3v) is 8.11. The minimum absolute atomic E-state index is 0.112. The molecule has 126 valence electrons. The minimum Gasteiger partial charge on any atom is -0.390 e. The normalized spacial score (nSPS) is 61.2. The summed E-state index contributed by atoms with van der Waals surface area (Å²) in [5.41, 5.74) is 0.0424. The van der Waals surface area contributed by atoms with Crippen molar-refractivity contribution in [3.05, 3.63) is 0 Å². The Morgan fingerprint density at radius 2 is 1.68 bits per heavy atom. The average Bonchev–Trinajstić information content (AvgIpc) is 2.72. The van der Waals surface area contributed by atoms with E-state index in [9.17, 15) is 15.3 Å². The molecule has 4 nitrogen and oxygen atoms in total. The van der Waals surface area contributed by atoms with Crippen LogP contribution in [0.5, 0.6) is 0 Å². The van der Waals surface area contributed by atoms with Gasteiger partial charge in [0.2, 0.25) is 0 Å². The number of fused-ring (bicyclic) bond motifs is 5. The molecule has 22 heavy (non-hydrogen) atoms. The van der Waals surface area contributed by atoms with E-state index in [1.54, 1.807) is 0 Å². The molecule has 0 unspecified atom stereocenters. The van der Waals surface area contributed by atoms with Crippen LogP contribution < -0.4 is 0 Å². The van der Waals surface area contributed by atoms with E-state index in [0.717, 1.165) is 32.1 Å². The second kappa shape index (κ2) is 4.92. The number of aliphatic hydroxyl groups excluding tert-OH is 3. The highest BCUT2D eigenvalue weighted by molar-refractivity contribution is 5.11. The quantitative estimate of drug-likeness (QED) is 0.639. The minimum atomic E-state index is -0.585. The molecule has 0 amide bonds. The largest absolute Gasteiger partial charge is 0.390 e. The number of aliphatic hydroxyl groups is 3. The van der Waals surface area contributed by atoms with Gasteiger partial charge in [-0.3, -0.25) is 0 Å². The summed E-state index contributed by atoms with van der Waals surface area (Å²) < 4.78 is 5.63. The van der Waals surface area contributed by atoms with Crippen LogP contribution in [0.15, 0.2) is 0 Å². The zero-order valence-electron chi connectivity index (χ0n) is 13.7. The highest BCUT2D eigenvalue weighted by Gasteiger charge is 2.62. The summed E-state index contributed by atoms with van der Waals surface area (Å²) in [6, 6.07) is 0. The molecule has 0 aromatic rings. The first-order chi connectivity index (χ1) is 10.4. The molecule has 4 heteroatoms. The molecular formula is C18H30O4. The van der Waals surface area contributed by atoms with Crippen molar-refractivity contribution in [3.63, 3.8) is 0 Å². The molecule has 3 saturated carbocycles. The molecule has 3 aliphatic carbocycles. The standard InChI is InChI=1S/C18H30O4/c1-17-6-5-12-11(13(17)8-14(19)16(17)21)4-3-10-7-15(20)22-9-18(10,12)2/h10-16,19-21H,3-9H2,1-2H3/t10-,11-,12+,13+,14-,15-,16+,17+,18+/m1/s1. The fourth-order valence-corrected chi connectivity index (χ4v) is 6.72. The molecule has 3 N–H and O–H groups in total. The second-order valence-corrected chi connectivity index (χ2v) is 8.95. The van der Waals surface area contributed by atoms with E-state index in [1.165, 1.54) is 6.42 Å². The Bertz CT molecular complexity index is 454. The second-order valence-electron chi connectivity index (χ2n) is 8.95. The maximum Gasteiger partial charge on any atom is 0.154 e. The summed E-state index contributed by atoms with van der Waals surface area (Å²) in [7, 11) is 0. The van der Waals surface area contributed by atoms with Crippen LogP contribution in [0.25, 0.3) is 0 Å². The van der Waals surface area contributed by atoms with Gasteiger partial charge in [-0.2, -0.15) is 0 Å². The van der Waals surface area contributed by atoms with Crippen LogP contribution in [0.3, 0.4) is 0 Å². The van der Waals surface area contributed by atoms with Crippen LogP contribution in [-0.4, -0.2) is 40.4 Å². The van der Waals surface area contributed by atoms with Gasteiger partial charge in [0.25, 0.3) is 0 Å². The lowest BCUT2D eigenvalue weighted by Crippen LogP contribution is -2.56. The van der Waals surface area contributed by atoms with Gasteiger partial charge in [-0.1, -0.05) is 13.8 Å². The smallest absolute Gasteiger partial charge is 0.154 e. The Morgan fingerprint density at radius 3 is 2.45 bits per heavy atom. The molecule has 4 aliphatic rings. The summed E-state index contributed by atoms with van der Waals surface area (Å²) in [6.45, 7) is 5.20. The molecule has 0 spiro atoms. The van der Waals surface area contributed by atoms with Crippen LogP contribution in [-0.2, 0) is 4.74 Å². The van der Waals surface area contributed by atoms with Crippen LogP contribution in [0.1, 0.15) is 52.4 Å². The van der Waals surface area contributed by atoms with Crippen molar-refractivity contribution in [2.75, 3.05) is 6.61 Å². The highest BCUT2D eigenvalue weighted by atomic mass is 16.6. The van der Waals surface area contributed by atoms with Crippen molar-refractivity contribution >= 4 is 0 Å². The Labute approximate surface area is 132 Å². The molecule has 1 aliphatic heterocycles. The van der Waals surface area contributed by atoms with Gasteiger partial charge < -0.3 is 20.1 Å². The number of hydrogen-bond acceptors (Lipinski definition) is 4. The molecule has 9 atom stereocenters. The van der Waals surface area contributed by atoms with Gasteiger partial charge in [-0.25, -0.2) is 0 Å². The summed E-state index contributed by atoms with van der Waals surface area (Å²) >= 11 is 0. The molecule has 0 aromatic heterocycles. The summed E-state index contributed by atoms with van der Waals surface area (Å²) in [5, 5.41) is 30.5. The van der Waals surface area contributed by atoms with E-state index < -0.39 is 18.5 Å². The molecule has 0 aromatic carbocycles. The third-order valence-electron chi connectivity index (χ3n) is 8.11. The number of ether oxygens (including phenoxy) is 1. The average molecular weight is 310 g/mol. The van der Waals surface area contributed by atoms with Crippen LogP contribution >= 0.6 is 0 Å². The Kier molecular flexibility index (Phi) is 3.44. The molecule has 0 radical (unpaired) electrons. The monoisotopic (exact) mass is 310 g/mol. The summed E-state index contributed by atoms with van der Waals surface area (Å²) in [4.78, 5) is 0. The van der Waals surface area contributed by atoms with E-state index in [2.05, 4.69) is 13.8 Å². The third kappa shape index (κ3) is 1.90. The molecule has 4 fully saturated rings. The zero-order valence-corrected chi connectivity index (χ0v) is 13.7. The van der Waals surface area contributed by atoms with E-state index in [-0.39, 0.29) is 10.8 Å². The van der Waals surface area contributed by atoms with E-state index in [4.69, 9.17) is 4.74 Å². The topological polar surface area (TPSA) is 69.9 Å². The van der Waals surface area contributed by atoms with Crippen molar-refractivity contribution in [3.8, 4) is 0 Å². The van der Waals surface area contributed by atoms with Crippen molar-refractivity contribution < 1.29 is 20.1 Å². The Morgan fingerprint density at radius 1 is 0.909 bits per heavy atom. The van der Waals surface area contributed by atoms with Crippen molar-refractivity contribution in [1.29, 1.82) is 0 Å². The Hall–Kier alpha value is -0.160. The highest BCUT2D eigenvalue weighted by Crippen LogP contribution is 2.64. The maximum atomic E-state index is 10.5. The van der Waals surface area contributed by atoms with E-state index in [0.29, 0.717) is 30.3 Å². The van der Waals surface area contributed by atoms with E-state index in [1.807, 2.05) is 0 Å². The van der Waals surface area contributed by atoms with E-state index >= 15 is 0 Å². The number of rotatable bonds is 0. The predicted octanol–water partition coefficient (Wildman–Crippen LogP) is 1.92. The summed E-state index contributed by atoms with van der Waals surface area (Å²) in [5.74, 6) is 2.18. The lowest BCUT2D eigenvalue weighted by atomic mass is 9.47. The summed E-state index contributed by atoms with van der Waals surface area (Å²) in [6.07, 6.45) is 4.27. The first kappa shape index (κ1) is 15.4. The van der Waals surface area contributed by atoms with Gasteiger partial charge in [-0.05, 0) is 66.6 Å². The lowest BCUT2D eigenvalue weighted by molar-refractivity contribution is -0.228. The van der Waals surface area contributed by atoms with Gasteiger partial charge in [0, 0.05) is 6.42 Å². The van der Waals surface area contributed by atoms with Crippen molar-refractivity contribution in [1.82, 2.24) is 0 Å². The molecule has 1 heterocycles. The van der Waals surface area contributed by atoms with Gasteiger partial charge in [-0.15, -0.1) is 0 Å². The van der Waals surface area contributed by atoms with Crippen molar-refractivity contribution in [2.24, 2.45) is 34.5 Å². The number of hydrogen-bond donors (Lipinski definition) is 3.